The zero-order chi connectivity index (χ0) is 26.7. The molecule has 0 aliphatic heterocycles. The number of nitrogens with one attached hydrogen (secondary N) is 1. The van der Waals surface area contributed by atoms with Crippen molar-refractivity contribution < 1.29 is 28.2 Å². The number of amides is 1. The number of anilines is 1. The van der Waals surface area contributed by atoms with Crippen LogP contribution in [0.3, 0.4) is 0 Å². The van der Waals surface area contributed by atoms with E-state index in [0.29, 0.717) is 21.4 Å². The quantitative estimate of drug-likeness (QED) is 0.227. The van der Waals surface area contributed by atoms with Crippen molar-refractivity contribution in [2.45, 2.75) is 33.3 Å². The Bertz CT molecular complexity index is 1520. The van der Waals surface area contributed by atoms with Gasteiger partial charge in [0.25, 0.3) is 5.91 Å². The maximum absolute atomic E-state index is 13.1. The van der Waals surface area contributed by atoms with E-state index in [-0.39, 0.29) is 41.2 Å². The standard InChI is InChI=1S/C28H27NO7S/c1-15(2)19-13-20-18(12-25(30)36-22(20)9-16(19)3)14-35-28(32)17-10-21(26(34-5)23(11-17)33-4)29-27(31)24-7-6-8-37-24/h6-13,15H,14H2,1-5H3,(H,29,31). The number of methoxy groups -OCH3 is 2. The molecule has 0 radical (unpaired) electrons. The van der Waals surface area contributed by atoms with Crippen molar-refractivity contribution in [2.75, 3.05) is 19.5 Å². The molecular weight excluding hydrogens is 494 g/mol. The van der Waals surface area contributed by atoms with Gasteiger partial charge in [0.2, 0.25) is 0 Å². The van der Waals surface area contributed by atoms with Gasteiger partial charge >= 0.3 is 11.6 Å². The smallest absolute Gasteiger partial charge is 0.338 e. The molecule has 0 aliphatic carbocycles. The summed E-state index contributed by atoms with van der Waals surface area (Å²) in [6.07, 6.45) is 0. The molecule has 2 heterocycles. The van der Waals surface area contributed by atoms with Crippen LogP contribution in [0.2, 0.25) is 0 Å². The third kappa shape index (κ3) is 5.51. The van der Waals surface area contributed by atoms with E-state index >= 15 is 0 Å². The highest BCUT2D eigenvalue weighted by atomic mass is 32.1. The van der Waals surface area contributed by atoms with Crippen molar-refractivity contribution >= 4 is 39.9 Å². The molecule has 1 N–H and O–H groups in total. The Morgan fingerprint density at radius 1 is 1.08 bits per heavy atom. The van der Waals surface area contributed by atoms with Gasteiger partial charge in [-0.1, -0.05) is 19.9 Å². The van der Waals surface area contributed by atoms with E-state index in [1.54, 1.807) is 17.5 Å². The lowest BCUT2D eigenvalue weighted by atomic mass is 9.95. The summed E-state index contributed by atoms with van der Waals surface area (Å²) in [5.41, 5.74) is 2.97. The highest BCUT2D eigenvalue weighted by Crippen LogP contribution is 2.37. The molecule has 0 unspecified atom stereocenters. The lowest BCUT2D eigenvalue weighted by molar-refractivity contribution is 0.0473. The molecule has 0 saturated carbocycles. The van der Waals surface area contributed by atoms with Gasteiger partial charge in [0.05, 0.1) is 30.3 Å². The van der Waals surface area contributed by atoms with Crippen molar-refractivity contribution in [3.8, 4) is 11.5 Å². The zero-order valence-corrected chi connectivity index (χ0v) is 22.0. The van der Waals surface area contributed by atoms with E-state index in [2.05, 4.69) is 19.2 Å². The van der Waals surface area contributed by atoms with Crippen LogP contribution in [0.4, 0.5) is 5.69 Å². The van der Waals surface area contributed by atoms with Crippen molar-refractivity contribution in [3.63, 3.8) is 0 Å². The number of hydrogen-bond donors (Lipinski definition) is 1. The highest BCUT2D eigenvalue weighted by Gasteiger charge is 2.20. The predicted molar refractivity (Wildman–Crippen MR) is 142 cm³/mol. The number of aryl methyl sites for hydroxylation is 1. The summed E-state index contributed by atoms with van der Waals surface area (Å²) in [6.45, 7) is 5.98. The number of ether oxygens (including phenoxy) is 3. The number of benzene rings is 2. The number of hydrogen-bond acceptors (Lipinski definition) is 8. The molecule has 2 aromatic carbocycles. The number of rotatable bonds is 8. The molecule has 0 fully saturated rings. The first kappa shape index (κ1) is 26.0. The molecule has 0 spiro atoms. The molecule has 4 rings (SSSR count). The van der Waals surface area contributed by atoms with Gasteiger partial charge in [-0.15, -0.1) is 11.3 Å². The van der Waals surface area contributed by atoms with E-state index in [1.807, 2.05) is 19.1 Å². The molecule has 0 saturated heterocycles. The molecule has 0 bridgehead atoms. The number of carbonyl (C=O) groups is 2. The number of carbonyl (C=O) groups excluding carboxylic acids is 2. The Morgan fingerprint density at radius 2 is 1.86 bits per heavy atom. The van der Waals surface area contributed by atoms with Gasteiger partial charge in [0, 0.05) is 17.0 Å². The Kier molecular flexibility index (Phi) is 7.63. The van der Waals surface area contributed by atoms with Crippen LogP contribution in [0.25, 0.3) is 11.0 Å². The molecule has 2 aromatic heterocycles. The largest absolute Gasteiger partial charge is 0.493 e. The normalized spacial score (nSPS) is 11.0. The molecule has 192 valence electrons. The van der Waals surface area contributed by atoms with Crippen molar-refractivity contribution in [2.24, 2.45) is 0 Å². The molecule has 1 amide bonds. The molecule has 9 heteroatoms. The molecule has 8 nitrogen and oxygen atoms in total. The fourth-order valence-corrected chi connectivity index (χ4v) is 4.75. The van der Waals surface area contributed by atoms with Gasteiger partial charge < -0.3 is 23.9 Å². The zero-order valence-electron chi connectivity index (χ0n) is 21.2. The summed E-state index contributed by atoms with van der Waals surface area (Å²) in [4.78, 5) is 38.4. The Hall–Kier alpha value is -4.11. The first-order valence-corrected chi connectivity index (χ1v) is 12.4. The van der Waals surface area contributed by atoms with Crippen LogP contribution in [0.15, 0.2) is 57.1 Å². The van der Waals surface area contributed by atoms with Crippen LogP contribution in [-0.4, -0.2) is 26.1 Å². The van der Waals surface area contributed by atoms with Crippen molar-refractivity contribution in [3.05, 3.63) is 85.4 Å². The minimum absolute atomic E-state index is 0.144. The minimum atomic E-state index is -0.662. The van der Waals surface area contributed by atoms with Crippen LogP contribution >= 0.6 is 11.3 Å². The summed E-state index contributed by atoms with van der Waals surface area (Å²) in [5, 5.41) is 5.26. The number of fused-ring (bicyclic) bond motifs is 1. The average Bonchev–Trinajstić information content (AvgIpc) is 3.41. The monoisotopic (exact) mass is 521 g/mol. The fraction of sp³-hybridized carbons (Fsp3) is 0.250. The first-order chi connectivity index (χ1) is 17.7. The third-order valence-corrected chi connectivity index (χ3v) is 6.77. The maximum Gasteiger partial charge on any atom is 0.338 e. The lowest BCUT2D eigenvalue weighted by Gasteiger charge is -2.16. The third-order valence-electron chi connectivity index (χ3n) is 5.91. The first-order valence-electron chi connectivity index (χ1n) is 11.6. The number of esters is 1. The summed E-state index contributed by atoms with van der Waals surface area (Å²) in [5.74, 6) is -0.223. The second kappa shape index (κ2) is 10.9. The highest BCUT2D eigenvalue weighted by molar-refractivity contribution is 7.12. The van der Waals surface area contributed by atoms with Gasteiger partial charge in [-0.05, 0) is 59.7 Å². The molecule has 0 aliphatic rings. The summed E-state index contributed by atoms with van der Waals surface area (Å²) in [6, 6.07) is 11.5. The van der Waals surface area contributed by atoms with Crippen molar-refractivity contribution in [1.29, 1.82) is 0 Å². The summed E-state index contributed by atoms with van der Waals surface area (Å²) < 4.78 is 21.8. The van der Waals surface area contributed by atoms with E-state index < -0.39 is 11.6 Å². The lowest BCUT2D eigenvalue weighted by Crippen LogP contribution is -2.13. The van der Waals surface area contributed by atoms with Crippen LogP contribution in [0, 0.1) is 6.92 Å². The van der Waals surface area contributed by atoms with E-state index in [4.69, 9.17) is 18.6 Å². The SMILES string of the molecule is COc1cc(C(=O)OCc2cc(=O)oc3cc(C)c(C(C)C)cc23)cc(NC(=O)c2cccs2)c1OC. The van der Waals surface area contributed by atoms with Crippen LogP contribution < -0.4 is 20.4 Å². The van der Waals surface area contributed by atoms with Gasteiger partial charge in [0.1, 0.15) is 12.2 Å². The molecule has 0 atom stereocenters. The molecular formula is C28H27NO7S. The van der Waals surface area contributed by atoms with Crippen LogP contribution in [0.1, 0.15) is 56.5 Å². The second-order valence-corrected chi connectivity index (χ2v) is 9.66. The van der Waals surface area contributed by atoms with Crippen molar-refractivity contribution in [1.82, 2.24) is 0 Å². The van der Waals surface area contributed by atoms with Gasteiger partial charge in [-0.25, -0.2) is 9.59 Å². The van der Waals surface area contributed by atoms with Crippen LogP contribution in [-0.2, 0) is 11.3 Å². The van der Waals surface area contributed by atoms with E-state index in [0.717, 1.165) is 11.1 Å². The topological polar surface area (TPSA) is 104 Å². The Morgan fingerprint density at radius 3 is 2.51 bits per heavy atom. The predicted octanol–water partition coefficient (Wildman–Crippen LogP) is 5.91. The fourth-order valence-electron chi connectivity index (χ4n) is 4.13. The van der Waals surface area contributed by atoms with Gasteiger partial charge in [-0.3, -0.25) is 4.79 Å². The molecule has 37 heavy (non-hydrogen) atoms. The van der Waals surface area contributed by atoms with Gasteiger partial charge in [0.15, 0.2) is 11.5 Å². The minimum Gasteiger partial charge on any atom is -0.493 e. The summed E-state index contributed by atoms with van der Waals surface area (Å²) >= 11 is 1.29. The Labute approximate surface area is 217 Å². The Balaban J connectivity index is 1.64. The average molecular weight is 522 g/mol. The second-order valence-electron chi connectivity index (χ2n) is 8.72. The number of thiophene rings is 1. The van der Waals surface area contributed by atoms with Gasteiger partial charge in [-0.2, -0.15) is 0 Å². The van der Waals surface area contributed by atoms with E-state index in [1.165, 1.54) is 43.8 Å². The molecule has 4 aromatic rings. The van der Waals surface area contributed by atoms with Crippen LogP contribution in [0.5, 0.6) is 11.5 Å². The summed E-state index contributed by atoms with van der Waals surface area (Å²) in [7, 11) is 2.87. The van der Waals surface area contributed by atoms with E-state index in [9.17, 15) is 14.4 Å². The maximum atomic E-state index is 13.1.